The Morgan fingerprint density at radius 1 is 1.40 bits per heavy atom. The van der Waals surface area contributed by atoms with Crippen molar-refractivity contribution in [1.82, 2.24) is 14.8 Å². The van der Waals surface area contributed by atoms with Crippen LogP contribution in [-0.4, -0.2) is 61.2 Å². The number of piperidine rings is 1. The van der Waals surface area contributed by atoms with E-state index < -0.39 is 0 Å². The highest BCUT2D eigenvalue weighted by Gasteiger charge is 2.28. The SMILES string of the molecule is CCN1CCC(N(C)C(COC)c2ccccn2)CC1. The molecule has 0 spiro atoms. The van der Waals surface area contributed by atoms with Gasteiger partial charge in [-0.05, 0) is 51.7 Å². The zero-order valence-electron chi connectivity index (χ0n) is 13.0. The first-order valence-corrected chi connectivity index (χ1v) is 7.60. The number of hydrogen-bond donors (Lipinski definition) is 0. The molecule has 2 heterocycles. The van der Waals surface area contributed by atoms with Crippen molar-refractivity contribution in [2.75, 3.05) is 40.4 Å². The fourth-order valence-corrected chi connectivity index (χ4v) is 3.04. The molecule has 112 valence electrons. The molecular weight excluding hydrogens is 250 g/mol. The molecule has 4 nitrogen and oxygen atoms in total. The van der Waals surface area contributed by atoms with Crippen LogP contribution in [0.15, 0.2) is 24.4 Å². The van der Waals surface area contributed by atoms with Gasteiger partial charge in [0, 0.05) is 19.3 Å². The van der Waals surface area contributed by atoms with Gasteiger partial charge in [0.05, 0.1) is 18.3 Å². The Hall–Kier alpha value is -0.970. The molecule has 2 rings (SSSR count). The molecule has 1 aliphatic heterocycles. The predicted molar refractivity (Wildman–Crippen MR) is 81.8 cm³/mol. The second kappa shape index (κ2) is 7.72. The summed E-state index contributed by atoms with van der Waals surface area (Å²) in [5, 5.41) is 0. The fraction of sp³-hybridized carbons (Fsp3) is 0.688. The van der Waals surface area contributed by atoms with E-state index in [-0.39, 0.29) is 6.04 Å². The molecule has 0 aliphatic carbocycles. The Morgan fingerprint density at radius 2 is 2.15 bits per heavy atom. The van der Waals surface area contributed by atoms with Crippen LogP contribution in [0.2, 0.25) is 0 Å². The minimum Gasteiger partial charge on any atom is -0.383 e. The van der Waals surface area contributed by atoms with Crippen LogP contribution in [0.3, 0.4) is 0 Å². The van der Waals surface area contributed by atoms with Crippen molar-refractivity contribution in [3.63, 3.8) is 0 Å². The molecule has 1 unspecified atom stereocenters. The maximum Gasteiger partial charge on any atom is 0.0757 e. The van der Waals surface area contributed by atoms with E-state index in [4.69, 9.17) is 4.74 Å². The van der Waals surface area contributed by atoms with Crippen molar-refractivity contribution in [3.05, 3.63) is 30.1 Å². The summed E-state index contributed by atoms with van der Waals surface area (Å²) in [7, 11) is 3.98. The van der Waals surface area contributed by atoms with E-state index in [9.17, 15) is 0 Å². The van der Waals surface area contributed by atoms with Crippen LogP contribution in [0.5, 0.6) is 0 Å². The maximum atomic E-state index is 5.42. The first-order chi connectivity index (χ1) is 9.76. The first-order valence-electron chi connectivity index (χ1n) is 7.60. The van der Waals surface area contributed by atoms with E-state index in [0.29, 0.717) is 12.6 Å². The van der Waals surface area contributed by atoms with E-state index in [2.05, 4.69) is 40.9 Å². The van der Waals surface area contributed by atoms with Gasteiger partial charge < -0.3 is 9.64 Å². The minimum absolute atomic E-state index is 0.249. The summed E-state index contributed by atoms with van der Waals surface area (Å²) in [6, 6.07) is 6.99. The normalized spacial score (nSPS) is 19.4. The van der Waals surface area contributed by atoms with E-state index in [1.54, 1.807) is 7.11 Å². The number of likely N-dealkylation sites (N-methyl/N-ethyl adjacent to an activating group) is 1. The van der Waals surface area contributed by atoms with Crippen LogP contribution < -0.4 is 0 Å². The summed E-state index contributed by atoms with van der Waals surface area (Å²) in [5.74, 6) is 0. The van der Waals surface area contributed by atoms with Gasteiger partial charge in [-0.2, -0.15) is 0 Å². The highest BCUT2D eigenvalue weighted by atomic mass is 16.5. The molecule has 1 atom stereocenters. The third-order valence-corrected chi connectivity index (χ3v) is 4.43. The molecule has 0 aromatic carbocycles. The summed E-state index contributed by atoms with van der Waals surface area (Å²) in [6.45, 7) is 6.51. The van der Waals surface area contributed by atoms with Crippen molar-refractivity contribution >= 4 is 0 Å². The third-order valence-electron chi connectivity index (χ3n) is 4.43. The molecule has 0 amide bonds. The van der Waals surface area contributed by atoms with Crippen LogP contribution >= 0.6 is 0 Å². The number of methoxy groups -OCH3 is 1. The van der Waals surface area contributed by atoms with Crippen LogP contribution in [0.1, 0.15) is 31.5 Å². The predicted octanol–water partition coefficient (Wildman–Crippen LogP) is 2.19. The summed E-state index contributed by atoms with van der Waals surface area (Å²) in [6.07, 6.45) is 4.33. The van der Waals surface area contributed by atoms with Crippen LogP contribution in [0.25, 0.3) is 0 Å². The molecule has 4 heteroatoms. The second-order valence-corrected chi connectivity index (χ2v) is 5.56. The first kappa shape index (κ1) is 15.4. The highest BCUT2D eigenvalue weighted by molar-refractivity contribution is 5.09. The van der Waals surface area contributed by atoms with Crippen LogP contribution in [0.4, 0.5) is 0 Å². The smallest absolute Gasteiger partial charge is 0.0757 e. The van der Waals surface area contributed by atoms with Gasteiger partial charge in [0.2, 0.25) is 0 Å². The van der Waals surface area contributed by atoms with E-state index >= 15 is 0 Å². The number of rotatable bonds is 6. The molecule has 0 N–H and O–H groups in total. The minimum atomic E-state index is 0.249. The molecular formula is C16H27N3O. The molecule has 0 radical (unpaired) electrons. The zero-order valence-corrected chi connectivity index (χ0v) is 13.0. The Labute approximate surface area is 122 Å². The largest absolute Gasteiger partial charge is 0.383 e. The summed E-state index contributed by atoms with van der Waals surface area (Å²) in [4.78, 5) is 9.49. The van der Waals surface area contributed by atoms with Gasteiger partial charge in [-0.15, -0.1) is 0 Å². The Bertz CT molecular complexity index is 377. The van der Waals surface area contributed by atoms with Gasteiger partial charge >= 0.3 is 0 Å². The van der Waals surface area contributed by atoms with E-state index in [1.807, 2.05) is 12.3 Å². The van der Waals surface area contributed by atoms with Gasteiger partial charge in [0.25, 0.3) is 0 Å². The highest BCUT2D eigenvalue weighted by Crippen LogP contribution is 2.25. The lowest BCUT2D eigenvalue weighted by Crippen LogP contribution is -2.45. The van der Waals surface area contributed by atoms with Crippen LogP contribution in [0, 0.1) is 0 Å². The van der Waals surface area contributed by atoms with Crippen molar-refractivity contribution < 1.29 is 4.74 Å². The second-order valence-electron chi connectivity index (χ2n) is 5.56. The van der Waals surface area contributed by atoms with Crippen molar-refractivity contribution in [1.29, 1.82) is 0 Å². The molecule has 20 heavy (non-hydrogen) atoms. The van der Waals surface area contributed by atoms with Gasteiger partial charge in [-0.25, -0.2) is 0 Å². The monoisotopic (exact) mass is 277 g/mol. The van der Waals surface area contributed by atoms with Gasteiger partial charge in [0.1, 0.15) is 0 Å². The average molecular weight is 277 g/mol. The quantitative estimate of drug-likeness (QED) is 0.797. The van der Waals surface area contributed by atoms with Gasteiger partial charge in [-0.3, -0.25) is 9.88 Å². The lowest BCUT2D eigenvalue weighted by atomic mass is 10.0. The number of hydrogen-bond acceptors (Lipinski definition) is 4. The summed E-state index contributed by atoms with van der Waals surface area (Å²) < 4.78 is 5.42. The third kappa shape index (κ3) is 3.78. The van der Waals surface area contributed by atoms with Gasteiger partial charge in [-0.1, -0.05) is 13.0 Å². The zero-order chi connectivity index (χ0) is 14.4. The number of aromatic nitrogens is 1. The van der Waals surface area contributed by atoms with E-state index in [0.717, 1.165) is 12.2 Å². The van der Waals surface area contributed by atoms with Crippen molar-refractivity contribution in [3.8, 4) is 0 Å². The summed E-state index contributed by atoms with van der Waals surface area (Å²) >= 11 is 0. The molecule has 0 saturated carbocycles. The summed E-state index contributed by atoms with van der Waals surface area (Å²) in [5.41, 5.74) is 1.11. The molecule has 1 aromatic heterocycles. The maximum absolute atomic E-state index is 5.42. The standard InChI is InChI=1S/C16H27N3O/c1-4-19-11-8-14(9-12-19)18(2)16(13-20-3)15-7-5-6-10-17-15/h5-7,10,14,16H,4,8-9,11-13H2,1-3H3. The Morgan fingerprint density at radius 3 is 2.70 bits per heavy atom. The Balaban J connectivity index is 2.02. The van der Waals surface area contributed by atoms with E-state index in [1.165, 1.54) is 25.9 Å². The molecule has 1 aliphatic rings. The lowest BCUT2D eigenvalue weighted by molar-refractivity contribution is 0.0499. The van der Waals surface area contributed by atoms with Crippen molar-refractivity contribution in [2.45, 2.75) is 31.8 Å². The average Bonchev–Trinajstić information content (AvgIpc) is 2.53. The van der Waals surface area contributed by atoms with Crippen molar-refractivity contribution in [2.24, 2.45) is 0 Å². The topological polar surface area (TPSA) is 28.6 Å². The number of nitrogens with zero attached hydrogens (tertiary/aromatic N) is 3. The molecule has 1 saturated heterocycles. The number of likely N-dealkylation sites (tertiary alicyclic amines) is 1. The fourth-order valence-electron chi connectivity index (χ4n) is 3.04. The molecule has 1 aromatic rings. The van der Waals surface area contributed by atoms with Gasteiger partial charge in [0.15, 0.2) is 0 Å². The molecule has 0 bridgehead atoms. The lowest BCUT2D eigenvalue weighted by Gasteiger charge is -2.39. The number of ether oxygens (including phenoxy) is 1. The Kier molecular flexibility index (Phi) is 5.95. The molecule has 1 fully saturated rings. The van der Waals surface area contributed by atoms with Crippen LogP contribution in [-0.2, 0) is 4.74 Å². The number of pyridine rings is 1.